The fourth-order valence-electron chi connectivity index (χ4n) is 1.48. The van der Waals surface area contributed by atoms with Crippen molar-refractivity contribution in [2.45, 2.75) is 11.3 Å². The number of rotatable bonds is 6. The quantitative estimate of drug-likeness (QED) is 0.742. The average Bonchev–Trinajstić information content (AvgIpc) is 2.27. The van der Waals surface area contributed by atoms with Gasteiger partial charge in [-0.3, -0.25) is 0 Å². The summed E-state index contributed by atoms with van der Waals surface area (Å²) >= 11 is 17.6. The van der Waals surface area contributed by atoms with Gasteiger partial charge < -0.3 is 4.74 Å². The summed E-state index contributed by atoms with van der Waals surface area (Å²) in [5.41, 5.74) is 0. The summed E-state index contributed by atoms with van der Waals surface area (Å²) in [7, 11) is -0.721. The predicted molar refractivity (Wildman–Crippen MR) is 77.8 cm³/mol. The molecule has 0 radical (unpaired) electrons. The zero-order chi connectivity index (χ0) is 14.6. The van der Waals surface area contributed by atoms with Gasteiger partial charge in [0.1, 0.15) is 4.90 Å². The van der Waals surface area contributed by atoms with Crippen LogP contribution in [0.3, 0.4) is 0 Å². The first-order chi connectivity index (χ1) is 8.80. The highest BCUT2D eigenvalue weighted by molar-refractivity contribution is 7.89. The highest BCUT2D eigenvalue weighted by atomic mass is 35.5. The summed E-state index contributed by atoms with van der Waals surface area (Å²) < 4.78 is 30.8. The Hall–Kier alpha value is -0.0400. The van der Waals surface area contributed by atoms with E-state index in [1.807, 2.05) is 0 Å². The number of hydrogen-bond donors (Lipinski definition) is 0. The van der Waals surface area contributed by atoms with Gasteiger partial charge in [0.05, 0.1) is 10.0 Å². The van der Waals surface area contributed by atoms with Crippen LogP contribution in [0.1, 0.15) is 6.42 Å². The predicted octanol–water partition coefficient (Wildman–Crippen LogP) is 3.30. The molecule has 4 nitrogen and oxygen atoms in total. The molecule has 0 aliphatic heterocycles. The highest BCUT2D eigenvalue weighted by Gasteiger charge is 2.26. The monoisotopic (exact) mass is 345 g/mol. The number of ether oxygens (including phenoxy) is 1. The molecule has 8 heteroatoms. The van der Waals surface area contributed by atoms with Crippen LogP contribution in [0.2, 0.25) is 15.1 Å². The van der Waals surface area contributed by atoms with Gasteiger partial charge in [-0.15, -0.1) is 0 Å². The van der Waals surface area contributed by atoms with Gasteiger partial charge in [-0.2, -0.15) is 0 Å². The van der Waals surface area contributed by atoms with E-state index in [0.29, 0.717) is 19.6 Å². The number of hydrogen-bond acceptors (Lipinski definition) is 3. The third kappa shape index (κ3) is 4.21. The van der Waals surface area contributed by atoms with Gasteiger partial charge in [-0.1, -0.05) is 34.8 Å². The largest absolute Gasteiger partial charge is 0.385 e. The second kappa shape index (κ2) is 7.11. The molecule has 0 saturated heterocycles. The van der Waals surface area contributed by atoms with Gasteiger partial charge >= 0.3 is 0 Å². The Labute approximate surface area is 128 Å². The van der Waals surface area contributed by atoms with E-state index in [9.17, 15) is 8.42 Å². The number of sulfonamides is 1. The first kappa shape index (κ1) is 17.0. The molecule has 0 heterocycles. The van der Waals surface area contributed by atoms with Gasteiger partial charge in [0.15, 0.2) is 0 Å². The van der Waals surface area contributed by atoms with Crippen molar-refractivity contribution in [1.29, 1.82) is 0 Å². The van der Waals surface area contributed by atoms with Crippen LogP contribution in [0.5, 0.6) is 0 Å². The minimum atomic E-state index is -3.74. The van der Waals surface area contributed by atoms with Gasteiger partial charge in [0.25, 0.3) is 0 Å². The van der Waals surface area contributed by atoms with E-state index >= 15 is 0 Å². The third-order valence-corrected chi connectivity index (χ3v) is 5.45. The van der Waals surface area contributed by atoms with Gasteiger partial charge in [0, 0.05) is 32.3 Å². The SMILES string of the molecule is COCCCN(C)S(=O)(=O)c1c(Cl)cc(Cl)cc1Cl. The molecule has 0 aliphatic carbocycles. The maximum absolute atomic E-state index is 12.4. The van der Waals surface area contributed by atoms with Crippen molar-refractivity contribution in [3.05, 3.63) is 27.2 Å². The lowest BCUT2D eigenvalue weighted by Gasteiger charge is -2.18. The Balaban J connectivity index is 3.07. The number of benzene rings is 1. The lowest BCUT2D eigenvalue weighted by atomic mass is 10.4. The molecule has 1 rings (SSSR count). The maximum atomic E-state index is 12.4. The standard InChI is InChI=1S/C11H14Cl3NO3S/c1-15(4-3-5-18-2)19(16,17)11-9(13)6-8(12)7-10(11)14/h6-7H,3-5H2,1-2H3. The van der Waals surface area contributed by atoms with Crippen LogP contribution in [0.15, 0.2) is 17.0 Å². The molecular weight excluding hydrogens is 333 g/mol. The fraction of sp³-hybridized carbons (Fsp3) is 0.455. The van der Waals surface area contributed by atoms with Gasteiger partial charge in [-0.05, 0) is 18.6 Å². The molecule has 1 aromatic carbocycles. The molecule has 0 saturated carbocycles. The molecule has 0 atom stereocenters. The smallest absolute Gasteiger partial charge is 0.245 e. The summed E-state index contributed by atoms with van der Waals surface area (Å²) in [6.45, 7) is 0.785. The highest BCUT2D eigenvalue weighted by Crippen LogP contribution is 2.34. The van der Waals surface area contributed by atoms with Crippen molar-refractivity contribution in [1.82, 2.24) is 4.31 Å². The molecule has 0 aromatic heterocycles. The van der Waals surface area contributed by atoms with Crippen molar-refractivity contribution >= 4 is 44.8 Å². The van der Waals surface area contributed by atoms with Crippen molar-refractivity contribution in [2.75, 3.05) is 27.3 Å². The summed E-state index contributed by atoms with van der Waals surface area (Å²) in [5, 5.41) is 0.308. The number of halogens is 3. The second-order valence-corrected chi connectivity index (χ2v) is 7.10. The summed E-state index contributed by atoms with van der Waals surface area (Å²) in [5.74, 6) is 0. The molecule has 108 valence electrons. The summed E-state index contributed by atoms with van der Waals surface area (Å²) in [4.78, 5) is -0.125. The lowest BCUT2D eigenvalue weighted by Crippen LogP contribution is -2.29. The summed E-state index contributed by atoms with van der Waals surface area (Å²) in [6.07, 6.45) is 0.578. The van der Waals surface area contributed by atoms with Crippen LogP contribution in [0, 0.1) is 0 Å². The molecule has 0 unspecified atom stereocenters. The topological polar surface area (TPSA) is 46.6 Å². The van der Waals surface area contributed by atoms with E-state index in [1.54, 1.807) is 7.11 Å². The van der Waals surface area contributed by atoms with Gasteiger partial charge in [-0.25, -0.2) is 12.7 Å². The molecule has 1 aromatic rings. The van der Waals surface area contributed by atoms with Crippen molar-refractivity contribution in [3.63, 3.8) is 0 Å². The van der Waals surface area contributed by atoms with Crippen molar-refractivity contribution in [3.8, 4) is 0 Å². The van der Waals surface area contributed by atoms with Crippen LogP contribution >= 0.6 is 34.8 Å². The van der Waals surface area contributed by atoms with Crippen molar-refractivity contribution < 1.29 is 13.2 Å². The third-order valence-electron chi connectivity index (χ3n) is 2.45. The van der Waals surface area contributed by atoms with E-state index in [4.69, 9.17) is 39.5 Å². The Morgan fingerprint density at radius 3 is 2.21 bits per heavy atom. The summed E-state index contributed by atoms with van der Waals surface area (Å²) in [6, 6.07) is 2.70. The van der Waals surface area contributed by atoms with Gasteiger partial charge in [0.2, 0.25) is 10.0 Å². The van der Waals surface area contributed by atoms with E-state index in [-0.39, 0.29) is 20.0 Å². The van der Waals surface area contributed by atoms with E-state index in [1.165, 1.54) is 23.5 Å². The normalized spacial score (nSPS) is 12.1. The molecule has 0 fully saturated rings. The Morgan fingerprint density at radius 1 is 1.21 bits per heavy atom. The maximum Gasteiger partial charge on any atom is 0.245 e. The van der Waals surface area contributed by atoms with Crippen LogP contribution in [0.25, 0.3) is 0 Å². The number of nitrogens with zero attached hydrogens (tertiary/aromatic N) is 1. The minimum absolute atomic E-state index is 0.0103. The van der Waals surface area contributed by atoms with Crippen LogP contribution < -0.4 is 0 Å². The molecule has 0 spiro atoms. The van der Waals surface area contributed by atoms with Crippen LogP contribution in [0.4, 0.5) is 0 Å². The van der Waals surface area contributed by atoms with Crippen molar-refractivity contribution in [2.24, 2.45) is 0 Å². The Kier molecular flexibility index (Phi) is 6.36. The van der Waals surface area contributed by atoms with E-state index < -0.39 is 10.0 Å². The Bertz CT molecular complexity index is 525. The minimum Gasteiger partial charge on any atom is -0.385 e. The lowest BCUT2D eigenvalue weighted by molar-refractivity contribution is 0.189. The zero-order valence-corrected chi connectivity index (χ0v) is 13.6. The first-order valence-electron chi connectivity index (χ1n) is 5.40. The number of methoxy groups -OCH3 is 1. The molecule has 0 bridgehead atoms. The van der Waals surface area contributed by atoms with E-state index in [0.717, 1.165) is 0 Å². The second-order valence-electron chi connectivity index (χ2n) is 3.87. The average molecular weight is 347 g/mol. The molecule has 0 aliphatic rings. The van der Waals surface area contributed by atoms with E-state index in [2.05, 4.69) is 0 Å². The molecular formula is C11H14Cl3NO3S. The van der Waals surface area contributed by atoms with Crippen LogP contribution in [-0.4, -0.2) is 40.0 Å². The van der Waals surface area contributed by atoms with Crippen LogP contribution in [-0.2, 0) is 14.8 Å². The molecule has 0 N–H and O–H groups in total. The molecule has 0 amide bonds. The Morgan fingerprint density at radius 2 is 1.74 bits per heavy atom. The molecule has 19 heavy (non-hydrogen) atoms. The zero-order valence-electron chi connectivity index (χ0n) is 10.5. The fourth-order valence-corrected chi connectivity index (χ4v) is 4.18. The first-order valence-corrected chi connectivity index (χ1v) is 7.98.